The molecule has 11 heteroatoms. The van der Waals surface area contributed by atoms with Crippen LogP contribution in [0.25, 0.3) is 10.4 Å². The molecule has 1 atom stereocenters. The number of nitrogens with zero attached hydrogens (tertiary/aromatic N) is 1. The van der Waals surface area contributed by atoms with Gasteiger partial charge in [0, 0.05) is 10.9 Å². The Bertz CT molecular complexity index is 1350. The number of sulfone groups is 1. The Balaban J connectivity index is 1.72. The van der Waals surface area contributed by atoms with Crippen molar-refractivity contribution in [3.05, 3.63) is 65.5 Å². The van der Waals surface area contributed by atoms with Crippen LogP contribution in [-0.2, 0) is 14.4 Å². The molecule has 0 radical (unpaired) electrons. The first-order valence-corrected chi connectivity index (χ1v) is 13.5. The van der Waals surface area contributed by atoms with Crippen LogP contribution < -0.4 is 9.26 Å². The van der Waals surface area contributed by atoms with Gasteiger partial charge in [0.2, 0.25) is 0 Å². The smallest absolute Gasteiger partial charge is 0.377 e. The number of aryl methyl sites for hydroxylation is 1. The average molecular weight is 495 g/mol. The first-order valence-electron chi connectivity index (χ1n) is 9.23. The number of rotatable bonds is 8. The van der Waals surface area contributed by atoms with Crippen molar-refractivity contribution in [2.45, 2.75) is 11.1 Å². The molecule has 0 fully saturated rings. The summed E-state index contributed by atoms with van der Waals surface area (Å²) in [6.45, 7) is 1.90. The SMILES string of the molecule is COc1cc(-c2ccc(S(=O)(=O)CCP(=O)(O)Oc3ccc(C#N)c(F)c3)s2)ccc1C. The van der Waals surface area contributed by atoms with Crippen LogP contribution in [0.1, 0.15) is 11.1 Å². The number of thiophene rings is 1. The van der Waals surface area contributed by atoms with Gasteiger partial charge in [-0.15, -0.1) is 11.3 Å². The van der Waals surface area contributed by atoms with Crippen LogP contribution in [0.3, 0.4) is 0 Å². The maximum atomic E-state index is 13.7. The number of hydrogen-bond acceptors (Lipinski definition) is 7. The lowest BCUT2D eigenvalue weighted by Crippen LogP contribution is -2.11. The van der Waals surface area contributed by atoms with Crippen LogP contribution in [0.5, 0.6) is 11.5 Å². The second-order valence-corrected chi connectivity index (χ2v) is 12.2. The van der Waals surface area contributed by atoms with Crippen molar-refractivity contribution in [3.8, 4) is 28.0 Å². The quantitative estimate of drug-likeness (QED) is 0.447. The predicted octanol–water partition coefficient (Wildman–Crippen LogP) is 4.78. The highest BCUT2D eigenvalue weighted by Crippen LogP contribution is 2.43. The highest BCUT2D eigenvalue weighted by Gasteiger charge is 2.27. The zero-order valence-corrected chi connectivity index (χ0v) is 19.6. The zero-order valence-electron chi connectivity index (χ0n) is 17.1. The Morgan fingerprint density at radius 1 is 1.19 bits per heavy atom. The summed E-state index contributed by atoms with van der Waals surface area (Å²) in [5.41, 5.74) is 1.49. The molecule has 0 aliphatic rings. The fourth-order valence-corrected chi connectivity index (χ4v) is 7.46. The summed E-state index contributed by atoms with van der Waals surface area (Å²) in [6.07, 6.45) is -0.678. The first-order chi connectivity index (χ1) is 15.0. The van der Waals surface area contributed by atoms with E-state index in [2.05, 4.69) is 0 Å². The fraction of sp³-hybridized carbons (Fsp3) is 0.190. The summed E-state index contributed by atoms with van der Waals surface area (Å²) in [5, 5.41) is 8.73. The Morgan fingerprint density at radius 3 is 2.59 bits per heavy atom. The molecule has 168 valence electrons. The van der Waals surface area contributed by atoms with E-state index in [1.54, 1.807) is 19.2 Å². The second-order valence-electron chi connectivity index (χ2n) is 6.83. The molecule has 1 aromatic heterocycles. The normalized spacial score (nSPS) is 13.2. The monoisotopic (exact) mass is 495 g/mol. The van der Waals surface area contributed by atoms with Crippen molar-refractivity contribution in [1.82, 2.24) is 0 Å². The highest BCUT2D eigenvalue weighted by atomic mass is 32.2. The minimum absolute atomic E-state index is 0.0523. The summed E-state index contributed by atoms with van der Waals surface area (Å²) >= 11 is 1.04. The van der Waals surface area contributed by atoms with Gasteiger partial charge in [-0.05, 0) is 48.4 Å². The van der Waals surface area contributed by atoms with Crippen molar-refractivity contribution in [2.75, 3.05) is 19.0 Å². The Labute approximate surface area is 189 Å². The lowest BCUT2D eigenvalue weighted by Gasteiger charge is -2.13. The molecule has 32 heavy (non-hydrogen) atoms. The fourth-order valence-electron chi connectivity index (χ4n) is 2.81. The molecular formula is C21H19FNO6PS2. The standard InChI is InChI=1S/C21H19FNO6PS2/c1-14-3-4-15(11-19(14)28-2)20-7-8-21(31-20)32(26,27)10-9-30(24,25)29-17-6-5-16(13-23)18(22)12-17/h3-8,11-12H,9-10H2,1-2H3,(H,24,25). The maximum Gasteiger partial charge on any atom is 0.377 e. The minimum atomic E-state index is -4.38. The van der Waals surface area contributed by atoms with Crippen LogP contribution in [0.4, 0.5) is 4.39 Å². The number of benzene rings is 2. The molecule has 1 unspecified atom stereocenters. The van der Waals surface area contributed by atoms with Crippen molar-refractivity contribution in [1.29, 1.82) is 5.26 Å². The van der Waals surface area contributed by atoms with Gasteiger partial charge in [0.15, 0.2) is 9.84 Å². The predicted molar refractivity (Wildman–Crippen MR) is 120 cm³/mol. The van der Waals surface area contributed by atoms with Crippen molar-refractivity contribution in [3.63, 3.8) is 0 Å². The molecule has 1 N–H and O–H groups in total. The van der Waals surface area contributed by atoms with Gasteiger partial charge in [0.1, 0.15) is 27.6 Å². The summed E-state index contributed by atoms with van der Waals surface area (Å²) in [7, 11) is -6.69. The van der Waals surface area contributed by atoms with E-state index in [0.717, 1.165) is 34.6 Å². The highest BCUT2D eigenvalue weighted by molar-refractivity contribution is 7.93. The molecular weight excluding hydrogens is 476 g/mol. The molecule has 3 rings (SSSR count). The van der Waals surface area contributed by atoms with Crippen molar-refractivity contribution >= 4 is 28.8 Å². The molecule has 3 aromatic rings. The van der Waals surface area contributed by atoms with Crippen molar-refractivity contribution in [2.24, 2.45) is 0 Å². The van der Waals surface area contributed by atoms with E-state index in [0.29, 0.717) is 10.6 Å². The van der Waals surface area contributed by atoms with Gasteiger partial charge in [0.25, 0.3) is 0 Å². The third-order valence-corrected chi connectivity index (χ3v) is 9.55. The van der Waals surface area contributed by atoms with E-state index >= 15 is 0 Å². The van der Waals surface area contributed by atoms with Gasteiger partial charge < -0.3 is 14.2 Å². The lowest BCUT2D eigenvalue weighted by molar-refractivity contribution is 0.380. The Hall–Kier alpha value is -2.70. The van der Waals surface area contributed by atoms with Crippen LogP contribution in [0.2, 0.25) is 0 Å². The number of hydrogen-bond donors (Lipinski definition) is 1. The van der Waals surface area contributed by atoms with Gasteiger partial charge in [-0.2, -0.15) is 5.26 Å². The molecule has 1 heterocycles. The molecule has 0 aliphatic heterocycles. The Kier molecular flexibility index (Phi) is 7.06. The zero-order chi connectivity index (χ0) is 23.5. The number of nitriles is 1. The third-order valence-electron chi connectivity index (χ3n) is 4.53. The van der Waals surface area contributed by atoms with Gasteiger partial charge >= 0.3 is 7.60 Å². The maximum absolute atomic E-state index is 13.7. The summed E-state index contributed by atoms with van der Waals surface area (Å²) < 4.78 is 61.6. The van der Waals surface area contributed by atoms with E-state index < -0.39 is 35.2 Å². The summed E-state index contributed by atoms with van der Waals surface area (Å²) in [5.74, 6) is -1.12. The topological polar surface area (TPSA) is 114 Å². The van der Waals surface area contributed by atoms with Gasteiger partial charge in [-0.3, -0.25) is 0 Å². The number of ether oxygens (including phenoxy) is 1. The van der Waals surface area contributed by atoms with E-state index in [1.165, 1.54) is 12.1 Å². The molecule has 0 amide bonds. The number of methoxy groups -OCH3 is 1. The average Bonchev–Trinajstić information content (AvgIpc) is 3.24. The summed E-state index contributed by atoms with van der Waals surface area (Å²) in [6, 6.07) is 13.3. The first kappa shape index (κ1) is 24.0. The molecule has 0 bridgehead atoms. The van der Waals surface area contributed by atoms with Crippen LogP contribution >= 0.6 is 18.9 Å². The van der Waals surface area contributed by atoms with Gasteiger partial charge in [-0.25, -0.2) is 17.4 Å². The molecule has 0 saturated heterocycles. The molecule has 0 spiro atoms. The summed E-state index contributed by atoms with van der Waals surface area (Å²) in [4.78, 5) is 10.7. The van der Waals surface area contributed by atoms with E-state index in [9.17, 15) is 22.3 Å². The van der Waals surface area contributed by atoms with Gasteiger partial charge in [0.05, 0.1) is 24.6 Å². The molecule has 7 nitrogen and oxygen atoms in total. The largest absolute Gasteiger partial charge is 0.496 e. The van der Waals surface area contributed by atoms with E-state index in [4.69, 9.17) is 14.5 Å². The minimum Gasteiger partial charge on any atom is -0.496 e. The molecule has 2 aromatic carbocycles. The van der Waals surface area contributed by atoms with E-state index in [-0.39, 0.29) is 15.5 Å². The Morgan fingerprint density at radius 2 is 1.94 bits per heavy atom. The van der Waals surface area contributed by atoms with Crippen molar-refractivity contribution < 1.29 is 31.5 Å². The van der Waals surface area contributed by atoms with Gasteiger partial charge in [-0.1, -0.05) is 12.1 Å². The second kappa shape index (κ2) is 9.43. The van der Waals surface area contributed by atoms with Crippen LogP contribution in [0.15, 0.2) is 52.7 Å². The lowest BCUT2D eigenvalue weighted by atomic mass is 10.1. The third kappa shape index (κ3) is 5.56. The van der Waals surface area contributed by atoms with Crippen LogP contribution in [0, 0.1) is 24.1 Å². The molecule has 0 aliphatic carbocycles. The number of halogens is 1. The molecule has 0 saturated carbocycles. The van der Waals surface area contributed by atoms with Crippen LogP contribution in [-0.4, -0.2) is 32.3 Å². The van der Waals surface area contributed by atoms with E-state index in [1.807, 2.05) is 25.1 Å².